The van der Waals surface area contributed by atoms with Crippen LogP contribution in [0, 0.1) is 10.1 Å². The van der Waals surface area contributed by atoms with E-state index in [1.54, 1.807) is 0 Å². The number of nitrogens with zero attached hydrogens (tertiary/aromatic N) is 3. The Hall–Kier alpha value is -3.36. The molecule has 0 amide bonds. The average molecular weight is 331 g/mol. The third kappa shape index (κ3) is 3.51. The van der Waals surface area contributed by atoms with Crippen molar-refractivity contribution in [3.8, 4) is 0 Å². The van der Waals surface area contributed by atoms with E-state index in [0.29, 0.717) is 0 Å². The fourth-order valence-corrected chi connectivity index (χ4v) is 2.04. The summed E-state index contributed by atoms with van der Waals surface area (Å²) < 4.78 is 10.5. The van der Waals surface area contributed by atoms with Gasteiger partial charge in [0.25, 0.3) is 5.69 Å². The van der Waals surface area contributed by atoms with Gasteiger partial charge in [0.2, 0.25) is 5.82 Å². The highest BCUT2D eigenvalue weighted by molar-refractivity contribution is 5.70. The molecule has 0 spiro atoms. The molecule has 0 radical (unpaired) electrons. The quantitative estimate of drug-likeness (QED) is 0.351. The Kier molecular flexibility index (Phi) is 4.83. The number of aromatic nitrogens is 2. The second-order valence-corrected chi connectivity index (χ2v) is 4.68. The lowest BCUT2D eigenvalue weighted by molar-refractivity contribution is -0.384. The molecule has 2 rings (SSSR count). The van der Waals surface area contributed by atoms with Crippen LogP contribution >= 0.6 is 0 Å². The van der Waals surface area contributed by atoms with Crippen molar-refractivity contribution in [3.63, 3.8) is 0 Å². The molecule has 1 aromatic heterocycles. The number of benzene rings is 1. The molecule has 24 heavy (non-hydrogen) atoms. The number of carbonyl (C=O) groups is 2. The molecule has 0 atom stereocenters. The van der Waals surface area contributed by atoms with Gasteiger partial charge in [0.1, 0.15) is 0 Å². The van der Waals surface area contributed by atoms with Gasteiger partial charge in [0, 0.05) is 43.9 Å². The van der Waals surface area contributed by atoms with Crippen LogP contribution in [0.25, 0.3) is 0 Å². The van der Waals surface area contributed by atoms with E-state index in [1.165, 1.54) is 42.7 Å². The first-order valence-electron chi connectivity index (χ1n) is 6.77. The van der Waals surface area contributed by atoms with Crippen LogP contribution in [0.3, 0.4) is 0 Å². The van der Waals surface area contributed by atoms with Crippen molar-refractivity contribution in [2.75, 3.05) is 0 Å². The zero-order chi connectivity index (χ0) is 17.7. The van der Waals surface area contributed by atoms with Crippen LogP contribution in [0.5, 0.6) is 0 Å². The SMILES string of the molecule is CC(=O)OC(OC(C)=O)(c1ccc([N+](=O)[O-])cc1)c1ncccn1. The van der Waals surface area contributed by atoms with Crippen LogP contribution in [0.1, 0.15) is 25.2 Å². The minimum absolute atomic E-state index is 0.0933. The van der Waals surface area contributed by atoms with Gasteiger partial charge in [0.05, 0.1) is 4.92 Å². The summed E-state index contributed by atoms with van der Waals surface area (Å²) in [7, 11) is 0. The van der Waals surface area contributed by atoms with Crippen molar-refractivity contribution < 1.29 is 24.0 Å². The van der Waals surface area contributed by atoms with Gasteiger partial charge >= 0.3 is 17.7 Å². The molecular weight excluding hydrogens is 318 g/mol. The second-order valence-electron chi connectivity index (χ2n) is 4.68. The Morgan fingerprint density at radius 3 is 1.96 bits per heavy atom. The normalized spacial score (nSPS) is 10.8. The Labute approximate surface area is 136 Å². The zero-order valence-electron chi connectivity index (χ0n) is 12.8. The molecule has 0 N–H and O–H groups in total. The molecule has 124 valence electrons. The minimum Gasteiger partial charge on any atom is -0.411 e. The van der Waals surface area contributed by atoms with Gasteiger partial charge in [-0.05, 0) is 18.2 Å². The van der Waals surface area contributed by atoms with E-state index < -0.39 is 22.6 Å². The summed E-state index contributed by atoms with van der Waals surface area (Å²) in [6.07, 6.45) is 2.77. The maximum atomic E-state index is 11.6. The average Bonchev–Trinajstić information content (AvgIpc) is 2.54. The molecule has 0 bridgehead atoms. The minimum atomic E-state index is -2.03. The number of ether oxygens (including phenoxy) is 2. The van der Waals surface area contributed by atoms with Crippen molar-refractivity contribution in [1.82, 2.24) is 9.97 Å². The van der Waals surface area contributed by atoms with Gasteiger partial charge in [-0.2, -0.15) is 0 Å². The Morgan fingerprint density at radius 1 is 1.04 bits per heavy atom. The summed E-state index contributed by atoms with van der Waals surface area (Å²) in [6, 6.07) is 6.53. The van der Waals surface area contributed by atoms with Crippen LogP contribution < -0.4 is 0 Å². The number of hydrogen-bond acceptors (Lipinski definition) is 8. The summed E-state index contributed by atoms with van der Waals surface area (Å²) in [5.74, 6) is -3.62. The molecule has 9 heteroatoms. The van der Waals surface area contributed by atoms with E-state index >= 15 is 0 Å². The maximum Gasteiger partial charge on any atom is 0.345 e. The molecule has 0 unspecified atom stereocenters. The lowest BCUT2D eigenvalue weighted by atomic mass is 10.0. The van der Waals surface area contributed by atoms with E-state index in [1.807, 2.05) is 0 Å². The predicted octanol–water partition coefficient (Wildman–Crippen LogP) is 1.71. The predicted molar refractivity (Wildman–Crippen MR) is 79.4 cm³/mol. The number of rotatable bonds is 5. The first kappa shape index (κ1) is 17.0. The molecule has 0 saturated heterocycles. The first-order chi connectivity index (χ1) is 11.3. The highest BCUT2D eigenvalue weighted by atomic mass is 16.7. The number of esters is 2. The fraction of sp³-hybridized carbons (Fsp3) is 0.200. The molecule has 0 aliphatic heterocycles. The smallest absolute Gasteiger partial charge is 0.345 e. The lowest BCUT2D eigenvalue weighted by Gasteiger charge is -2.30. The Morgan fingerprint density at radius 2 is 1.54 bits per heavy atom. The number of nitro groups is 1. The van der Waals surface area contributed by atoms with Gasteiger partial charge < -0.3 is 9.47 Å². The second kappa shape index (κ2) is 6.82. The maximum absolute atomic E-state index is 11.6. The summed E-state index contributed by atoms with van der Waals surface area (Å²) in [5.41, 5.74) is -0.0167. The molecule has 0 saturated carbocycles. The standard InChI is InChI=1S/C15H13N3O6/c1-10(19)23-15(24-11(2)20,14-16-8-3-9-17-14)12-4-6-13(7-5-12)18(21)22/h3-9H,1-2H3. The largest absolute Gasteiger partial charge is 0.411 e. The molecule has 0 aliphatic carbocycles. The molecule has 2 aromatic rings. The van der Waals surface area contributed by atoms with Crippen molar-refractivity contribution in [2.45, 2.75) is 19.6 Å². The Bertz CT molecular complexity index is 745. The monoisotopic (exact) mass is 331 g/mol. The van der Waals surface area contributed by atoms with E-state index in [9.17, 15) is 19.7 Å². The summed E-state index contributed by atoms with van der Waals surface area (Å²) in [4.78, 5) is 41.4. The van der Waals surface area contributed by atoms with E-state index in [2.05, 4.69) is 9.97 Å². The van der Waals surface area contributed by atoms with E-state index in [4.69, 9.17) is 9.47 Å². The van der Waals surface area contributed by atoms with E-state index in [-0.39, 0.29) is 17.1 Å². The number of nitro benzene ring substituents is 1. The zero-order valence-corrected chi connectivity index (χ0v) is 12.8. The van der Waals surface area contributed by atoms with Crippen molar-refractivity contribution >= 4 is 17.6 Å². The third-order valence-electron chi connectivity index (χ3n) is 2.89. The number of hydrogen-bond donors (Lipinski definition) is 0. The highest BCUT2D eigenvalue weighted by Crippen LogP contribution is 2.34. The first-order valence-corrected chi connectivity index (χ1v) is 6.77. The van der Waals surface area contributed by atoms with Crippen LogP contribution in [0.15, 0.2) is 42.7 Å². The van der Waals surface area contributed by atoms with Crippen molar-refractivity contribution in [3.05, 3.63) is 64.2 Å². The molecule has 1 heterocycles. The highest BCUT2D eigenvalue weighted by Gasteiger charge is 2.45. The molecule has 9 nitrogen and oxygen atoms in total. The van der Waals surface area contributed by atoms with Gasteiger partial charge in [-0.25, -0.2) is 9.97 Å². The van der Waals surface area contributed by atoms with Crippen molar-refractivity contribution in [2.24, 2.45) is 0 Å². The van der Waals surface area contributed by atoms with Gasteiger partial charge in [-0.3, -0.25) is 19.7 Å². The fourth-order valence-electron chi connectivity index (χ4n) is 2.04. The molecular formula is C15H13N3O6. The van der Waals surface area contributed by atoms with Gasteiger partial charge in [-0.1, -0.05) is 0 Å². The molecule has 0 aliphatic rings. The number of carbonyl (C=O) groups excluding carboxylic acids is 2. The summed E-state index contributed by atoms with van der Waals surface area (Å²) >= 11 is 0. The van der Waals surface area contributed by atoms with Crippen molar-refractivity contribution in [1.29, 1.82) is 0 Å². The van der Waals surface area contributed by atoms with Crippen LogP contribution in [0.4, 0.5) is 5.69 Å². The summed E-state index contributed by atoms with van der Waals surface area (Å²) in [6.45, 7) is 2.26. The third-order valence-corrected chi connectivity index (χ3v) is 2.89. The lowest BCUT2D eigenvalue weighted by Crippen LogP contribution is -2.39. The summed E-state index contributed by atoms with van der Waals surface area (Å²) in [5, 5.41) is 10.8. The topological polar surface area (TPSA) is 122 Å². The number of non-ortho nitro benzene ring substituents is 1. The van der Waals surface area contributed by atoms with E-state index in [0.717, 1.165) is 13.8 Å². The molecule has 0 fully saturated rings. The van der Waals surface area contributed by atoms with Crippen LogP contribution in [-0.4, -0.2) is 26.8 Å². The molecule has 1 aromatic carbocycles. The van der Waals surface area contributed by atoms with Gasteiger partial charge in [-0.15, -0.1) is 0 Å². The van der Waals surface area contributed by atoms with Gasteiger partial charge in [0.15, 0.2) is 0 Å². The Balaban J connectivity index is 2.65. The van der Waals surface area contributed by atoms with Crippen LogP contribution in [-0.2, 0) is 24.8 Å². The van der Waals surface area contributed by atoms with Crippen LogP contribution in [0.2, 0.25) is 0 Å².